The fraction of sp³-hybridized carbons (Fsp3) is 0.231. The van der Waals surface area contributed by atoms with Gasteiger partial charge in [0.05, 0.1) is 35.1 Å². The van der Waals surface area contributed by atoms with Crippen LogP contribution in [0, 0.1) is 17.0 Å². The van der Waals surface area contributed by atoms with Crippen LogP contribution in [0.3, 0.4) is 0 Å². The largest absolute Gasteiger partial charge is 0.467 e. The van der Waals surface area contributed by atoms with Crippen LogP contribution in [0.5, 0.6) is 0 Å². The minimum absolute atomic E-state index is 0.00992. The van der Waals surface area contributed by atoms with Crippen LogP contribution in [0.4, 0.5) is 10.7 Å². The summed E-state index contributed by atoms with van der Waals surface area (Å²) >= 11 is 1.53. The summed E-state index contributed by atoms with van der Waals surface area (Å²) in [5.74, 6) is 1.34. The summed E-state index contributed by atoms with van der Waals surface area (Å²) in [6.07, 6.45) is 7.07. The Morgan fingerprint density at radius 2 is 2.09 bits per heavy atom. The number of nitro groups is 1. The number of nitrogens with zero attached hydrogens (tertiary/aromatic N) is 2. The van der Waals surface area contributed by atoms with E-state index in [9.17, 15) is 14.9 Å². The summed E-state index contributed by atoms with van der Waals surface area (Å²) in [6, 6.07) is 12.0. The smallest absolute Gasteiger partial charge is 0.280 e. The van der Waals surface area contributed by atoms with Gasteiger partial charge in [-0.25, -0.2) is 4.99 Å². The number of furan rings is 2. The molecule has 1 aromatic carbocycles. The average Bonchev–Trinajstić information content (AvgIpc) is 3.61. The zero-order chi connectivity index (χ0) is 24.4. The molecule has 0 saturated carbocycles. The number of fused-ring (bicyclic) bond motifs is 1. The van der Waals surface area contributed by atoms with Gasteiger partial charge >= 0.3 is 0 Å². The fourth-order valence-corrected chi connectivity index (χ4v) is 5.47. The topological polar surface area (TPSA) is 111 Å². The van der Waals surface area contributed by atoms with Crippen molar-refractivity contribution < 1.29 is 18.6 Å². The van der Waals surface area contributed by atoms with E-state index in [1.54, 1.807) is 43.7 Å². The molecule has 0 saturated heterocycles. The third-order valence-corrected chi connectivity index (χ3v) is 7.13. The summed E-state index contributed by atoms with van der Waals surface area (Å²) in [5, 5.41) is 15.1. The Kier molecular flexibility index (Phi) is 6.33. The van der Waals surface area contributed by atoms with Crippen molar-refractivity contribution in [2.75, 3.05) is 0 Å². The van der Waals surface area contributed by atoms with E-state index in [0.717, 1.165) is 36.8 Å². The van der Waals surface area contributed by atoms with Crippen LogP contribution in [0.2, 0.25) is 0 Å². The predicted octanol–water partition coefficient (Wildman–Crippen LogP) is 6.38. The van der Waals surface area contributed by atoms with E-state index in [1.807, 2.05) is 12.1 Å². The molecule has 5 rings (SSSR count). The molecule has 0 bridgehead atoms. The van der Waals surface area contributed by atoms with Crippen molar-refractivity contribution in [2.24, 2.45) is 4.99 Å². The number of aryl methyl sites for hydroxylation is 2. The van der Waals surface area contributed by atoms with Crippen molar-refractivity contribution in [3.63, 3.8) is 0 Å². The maximum absolute atomic E-state index is 13.1. The van der Waals surface area contributed by atoms with Crippen molar-refractivity contribution in [2.45, 2.75) is 39.2 Å². The monoisotopic (exact) mass is 489 g/mol. The van der Waals surface area contributed by atoms with E-state index in [0.29, 0.717) is 40.0 Å². The Hall–Kier alpha value is -3.98. The van der Waals surface area contributed by atoms with Gasteiger partial charge in [0.15, 0.2) is 0 Å². The van der Waals surface area contributed by atoms with E-state index in [4.69, 9.17) is 8.83 Å². The molecule has 9 heteroatoms. The Morgan fingerprint density at radius 1 is 1.23 bits per heavy atom. The van der Waals surface area contributed by atoms with E-state index in [1.165, 1.54) is 22.3 Å². The lowest BCUT2D eigenvalue weighted by molar-refractivity contribution is -0.384. The first kappa shape index (κ1) is 22.8. The van der Waals surface area contributed by atoms with Crippen molar-refractivity contribution in [1.29, 1.82) is 0 Å². The quantitative estimate of drug-likeness (QED) is 0.184. The number of hydrogen-bond acceptors (Lipinski definition) is 7. The number of carbonyl (C=O) groups excluding carboxylic acids is 1. The molecule has 0 unspecified atom stereocenters. The molecule has 0 atom stereocenters. The number of thiophene rings is 1. The number of benzene rings is 1. The first-order valence-electron chi connectivity index (χ1n) is 11.3. The lowest BCUT2D eigenvalue weighted by Gasteiger charge is -2.12. The second kappa shape index (κ2) is 9.71. The number of rotatable bonds is 7. The van der Waals surface area contributed by atoms with Gasteiger partial charge in [-0.3, -0.25) is 14.9 Å². The normalized spacial score (nSPS) is 13.2. The van der Waals surface area contributed by atoms with Gasteiger partial charge in [-0.2, -0.15) is 0 Å². The van der Waals surface area contributed by atoms with Crippen LogP contribution in [0.25, 0.3) is 11.3 Å². The molecule has 1 aliphatic rings. The Morgan fingerprint density at radius 3 is 2.89 bits per heavy atom. The van der Waals surface area contributed by atoms with E-state index in [2.05, 4.69) is 10.3 Å². The van der Waals surface area contributed by atoms with Crippen LogP contribution < -0.4 is 5.32 Å². The molecule has 1 aliphatic carbocycles. The third kappa shape index (κ3) is 4.81. The standard InChI is InChI=1S/C26H23N3O5S/c1-16-8-10-19(21(13-16)29(31)32)22-11-9-18(34-22)15-28-26-24(20-6-2-3-7-23(20)35-26)25(30)27-14-17-5-4-12-33-17/h4-5,8-13,15H,2-3,6-7,14H2,1H3,(H,27,30)/b28-15+. The highest BCUT2D eigenvalue weighted by molar-refractivity contribution is 7.16. The van der Waals surface area contributed by atoms with E-state index in [-0.39, 0.29) is 11.6 Å². The second-order valence-corrected chi connectivity index (χ2v) is 9.47. The molecule has 0 aliphatic heterocycles. The number of aliphatic imine (C=N–C) groups is 1. The molecule has 3 heterocycles. The number of carbonyl (C=O) groups is 1. The lowest BCUT2D eigenvalue weighted by Crippen LogP contribution is -2.23. The number of nitro benzene ring substituents is 1. The van der Waals surface area contributed by atoms with Gasteiger partial charge in [0, 0.05) is 10.9 Å². The lowest BCUT2D eigenvalue weighted by atomic mass is 9.95. The van der Waals surface area contributed by atoms with Crippen molar-refractivity contribution in [3.8, 4) is 11.3 Å². The molecule has 3 aromatic heterocycles. The summed E-state index contributed by atoms with van der Waals surface area (Å²) < 4.78 is 11.2. The second-order valence-electron chi connectivity index (χ2n) is 8.39. The van der Waals surface area contributed by atoms with Crippen LogP contribution in [0.15, 0.2) is 62.6 Å². The van der Waals surface area contributed by atoms with Gasteiger partial charge in [0.1, 0.15) is 22.3 Å². The Labute approximate surface area is 205 Å². The van der Waals surface area contributed by atoms with E-state index >= 15 is 0 Å². The predicted molar refractivity (Wildman–Crippen MR) is 134 cm³/mol. The summed E-state index contributed by atoms with van der Waals surface area (Å²) in [6.45, 7) is 2.11. The number of nitrogens with one attached hydrogen (secondary N) is 1. The molecule has 0 spiro atoms. The van der Waals surface area contributed by atoms with Gasteiger partial charge in [-0.05, 0) is 74.1 Å². The summed E-state index contributed by atoms with van der Waals surface area (Å²) in [7, 11) is 0. The minimum Gasteiger partial charge on any atom is -0.467 e. The zero-order valence-electron chi connectivity index (χ0n) is 19.1. The average molecular weight is 490 g/mol. The molecule has 35 heavy (non-hydrogen) atoms. The molecule has 8 nitrogen and oxygen atoms in total. The number of amides is 1. The molecule has 1 N–H and O–H groups in total. The Bertz CT molecular complexity index is 1410. The van der Waals surface area contributed by atoms with Crippen LogP contribution >= 0.6 is 11.3 Å². The summed E-state index contributed by atoms with van der Waals surface area (Å²) in [4.78, 5) is 30.0. The highest BCUT2D eigenvalue weighted by Gasteiger charge is 2.25. The summed E-state index contributed by atoms with van der Waals surface area (Å²) in [5.41, 5.74) is 2.87. The van der Waals surface area contributed by atoms with Crippen LogP contribution in [0.1, 0.15) is 50.7 Å². The Balaban J connectivity index is 1.42. The SMILES string of the molecule is Cc1ccc(-c2ccc(/C=N/c3sc4c(c3C(=O)NCc3ccco3)CCCC4)o2)c([N+](=O)[O-])c1. The van der Waals surface area contributed by atoms with Crippen molar-refractivity contribution >= 4 is 34.1 Å². The van der Waals surface area contributed by atoms with Crippen LogP contribution in [-0.4, -0.2) is 17.0 Å². The first-order chi connectivity index (χ1) is 17.0. The highest BCUT2D eigenvalue weighted by atomic mass is 32.1. The van der Waals surface area contributed by atoms with Crippen molar-refractivity contribution in [3.05, 3.63) is 91.9 Å². The van der Waals surface area contributed by atoms with Gasteiger partial charge < -0.3 is 14.2 Å². The maximum Gasteiger partial charge on any atom is 0.280 e. The third-order valence-electron chi connectivity index (χ3n) is 5.93. The molecular weight excluding hydrogens is 466 g/mol. The van der Waals surface area contributed by atoms with Gasteiger partial charge in [0.25, 0.3) is 11.6 Å². The maximum atomic E-state index is 13.1. The molecule has 178 valence electrons. The zero-order valence-corrected chi connectivity index (χ0v) is 19.9. The molecule has 4 aromatic rings. The van der Waals surface area contributed by atoms with Gasteiger partial charge in [-0.1, -0.05) is 6.07 Å². The molecular formula is C26H23N3O5S. The molecule has 1 amide bonds. The van der Waals surface area contributed by atoms with Crippen molar-refractivity contribution in [1.82, 2.24) is 5.32 Å². The first-order valence-corrected chi connectivity index (χ1v) is 12.2. The van der Waals surface area contributed by atoms with Crippen LogP contribution in [-0.2, 0) is 19.4 Å². The van der Waals surface area contributed by atoms with Gasteiger partial charge in [0.2, 0.25) is 0 Å². The number of hydrogen-bond donors (Lipinski definition) is 1. The van der Waals surface area contributed by atoms with Gasteiger partial charge in [-0.15, -0.1) is 11.3 Å². The highest BCUT2D eigenvalue weighted by Crippen LogP contribution is 2.40. The minimum atomic E-state index is -0.414. The fourth-order valence-electron chi connectivity index (χ4n) is 4.24. The molecule has 0 radical (unpaired) electrons. The molecule has 0 fully saturated rings. The van der Waals surface area contributed by atoms with E-state index < -0.39 is 4.92 Å².